The van der Waals surface area contributed by atoms with Crippen LogP contribution in [-0.2, 0) is 5.75 Å². The summed E-state index contributed by atoms with van der Waals surface area (Å²) < 4.78 is 0. The second-order valence-electron chi connectivity index (χ2n) is 5.32. The van der Waals surface area contributed by atoms with Crippen LogP contribution in [0.2, 0.25) is 0 Å². The summed E-state index contributed by atoms with van der Waals surface area (Å²) in [5.74, 6) is 2.21. The van der Waals surface area contributed by atoms with Crippen LogP contribution in [-0.4, -0.2) is 47.6 Å². The molecule has 0 spiro atoms. The van der Waals surface area contributed by atoms with E-state index in [1.807, 2.05) is 11.8 Å². The Morgan fingerprint density at radius 3 is 2.89 bits per heavy atom. The Labute approximate surface area is 113 Å². The summed E-state index contributed by atoms with van der Waals surface area (Å²) in [6, 6.07) is 0.528. The summed E-state index contributed by atoms with van der Waals surface area (Å²) >= 11 is 1.97. The molecular weight excluding hydrogens is 244 g/mol. The molecule has 0 unspecified atom stereocenters. The largest absolute Gasteiger partial charge is 0.351 e. The van der Waals surface area contributed by atoms with Gasteiger partial charge in [-0.3, -0.25) is 0 Å². The Kier molecular flexibility index (Phi) is 3.20. The molecule has 0 saturated carbocycles. The van der Waals surface area contributed by atoms with E-state index in [1.54, 1.807) is 6.33 Å². The summed E-state index contributed by atoms with van der Waals surface area (Å²) in [5.41, 5.74) is 2.61. The minimum Gasteiger partial charge on any atom is -0.351 e. The van der Waals surface area contributed by atoms with Crippen molar-refractivity contribution in [3.63, 3.8) is 0 Å². The fourth-order valence-corrected chi connectivity index (χ4v) is 3.97. The summed E-state index contributed by atoms with van der Waals surface area (Å²) in [4.78, 5) is 13.9. The third-order valence-corrected chi connectivity index (χ3v) is 5.10. The number of likely N-dealkylation sites (N-methyl/N-ethyl adjacent to an activating group) is 1. The van der Waals surface area contributed by atoms with Crippen molar-refractivity contribution in [2.45, 2.75) is 30.9 Å². The number of anilines is 1. The number of aromatic nitrogens is 2. The highest BCUT2D eigenvalue weighted by Crippen LogP contribution is 2.44. The molecule has 1 saturated heterocycles. The first-order chi connectivity index (χ1) is 8.66. The van der Waals surface area contributed by atoms with Gasteiger partial charge in [0.2, 0.25) is 0 Å². The summed E-state index contributed by atoms with van der Waals surface area (Å²) in [6.45, 7) is 7.85. The lowest BCUT2D eigenvalue weighted by Crippen LogP contribution is -2.51. The molecule has 2 aliphatic heterocycles. The number of piperazine rings is 1. The van der Waals surface area contributed by atoms with E-state index in [-0.39, 0.29) is 0 Å². The van der Waals surface area contributed by atoms with Crippen LogP contribution in [0.5, 0.6) is 0 Å². The second-order valence-corrected chi connectivity index (χ2v) is 6.64. The Morgan fingerprint density at radius 1 is 1.28 bits per heavy atom. The zero-order chi connectivity index (χ0) is 12.7. The van der Waals surface area contributed by atoms with Gasteiger partial charge >= 0.3 is 0 Å². The second kappa shape index (κ2) is 4.70. The fourth-order valence-electron chi connectivity index (χ4n) is 2.92. The molecule has 2 atom stereocenters. The van der Waals surface area contributed by atoms with Crippen molar-refractivity contribution in [2.75, 3.05) is 31.6 Å². The van der Waals surface area contributed by atoms with Gasteiger partial charge < -0.3 is 9.80 Å². The fraction of sp³-hybridized carbons (Fsp3) is 0.692. The topological polar surface area (TPSA) is 32.3 Å². The molecule has 4 nitrogen and oxygen atoms in total. The Balaban J connectivity index is 1.95. The third-order valence-electron chi connectivity index (χ3n) is 3.92. The van der Waals surface area contributed by atoms with Crippen LogP contribution >= 0.6 is 11.8 Å². The molecule has 3 heterocycles. The highest BCUT2D eigenvalue weighted by atomic mass is 32.2. The van der Waals surface area contributed by atoms with Crippen molar-refractivity contribution in [3.05, 3.63) is 17.6 Å². The highest BCUT2D eigenvalue weighted by molar-refractivity contribution is 7.99. The Morgan fingerprint density at radius 2 is 2.11 bits per heavy atom. The standard InChI is InChI=1S/C13H20N4S/c1-9-6-16(3)4-5-17(9)13-12-10(2)18-7-11(12)14-8-15-13/h8-10H,4-7H2,1-3H3/t9-,10-/m0/s1. The third kappa shape index (κ3) is 1.99. The van der Waals surface area contributed by atoms with Gasteiger partial charge in [0, 0.05) is 42.2 Å². The van der Waals surface area contributed by atoms with Crippen LogP contribution in [0.4, 0.5) is 5.82 Å². The Bertz CT molecular complexity index is 451. The molecule has 2 aliphatic rings. The van der Waals surface area contributed by atoms with Crippen LogP contribution in [0.3, 0.4) is 0 Å². The first kappa shape index (κ1) is 12.2. The van der Waals surface area contributed by atoms with Gasteiger partial charge in [-0.25, -0.2) is 9.97 Å². The van der Waals surface area contributed by atoms with Gasteiger partial charge in [-0.2, -0.15) is 0 Å². The van der Waals surface area contributed by atoms with E-state index in [0.717, 1.165) is 25.4 Å². The monoisotopic (exact) mass is 264 g/mol. The lowest BCUT2D eigenvalue weighted by Gasteiger charge is -2.39. The molecule has 0 N–H and O–H groups in total. The van der Waals surface area contributed by atoms with Crippen molar-refractivity contribution in [1.29, 1.82) is 0 Å². The molecule has 1 aromatic rings. The van der Waals surface area contributed by atoms with E-state index in [1.165, 1.54) is 17.1 Å². The average Bonchev–Trinajstić information content (AvgIpc) is 2.72. The maximum atomic E-state index is 4.58. The highest BCUT2D eigenvalue weighted by Gasteiger charge is 2.30. The van der Waals surface area contributed by atoms with E-state index >= 15 is 0 Å². The molecular formula is C13H20N4S. The van der Waals surface area contributed by atoms with Crippen molar-refractivity contribution in [3.8, 4) is 0 Å². The Hall–Kier alpha value is -0.810. The molecule has 0 aromatic carbocycles. The van der Waals surface area contributed by atoms with Gasteiger partial charge in [0.25, 0.3) is 0 Å². The SMILES string of the molecule is C[C@@H]1SCc2ncnc(N3CCN(C)C[C@@H]3C)c21. The van der Waals surface area contributed by atoms with Gasteiger partial charge in [0.15, 0.2) is 0 Å². The van der Waals surface area contributed by atoms with Gasteiger partial charge in [0.05, 0.1) is 5.69 Å². The number of rotatable bonds is 1. The quantitative estimate of drug-likeness (QED) is 0.774. The summed E-state index contributed by atoms with van der Waals surface area (Å²) in [6.07, 6.45) is 1.73. The first-order valence-electron chi connectivity index (χ1n) is 6.57. The van der Waals surface area contributed by atoms with Crippen LogP contribution in [0.25, 0.3) is 0 Å². The lowest BCUT2D eigenvalue weighted by atomic mass is 10.1. The smallest absolute Gasteiger partial charge is 0.136 e. The number of thioether (sulfide) groups is 1. The predicted molar refractivity (Wildman–Crippen MR) is 76.0 cm³/mol. The van der Waals surface area contributed by atoms with E-state index < -0.39 is 0 Å². The molecule has 0 bridgehead atoms. The van der Waals surface area contributed by atoms with Gasteiger partial charge in [0.1, 0.15) is 12.1 Å². The molecule has 18 heavy (non-hydrogen) atoms. The molecule has 1 fully saturated rings. The molecule has 5 heteroatoms. The van der Waals surface area contributed by atoms with Crippen molar-refractivity contribution < 1.29 is 0 Å². The van der Waals surface area contributed by atoms with Crippen molar-refractivity contribution in [2.24, 2.45) is 0 Å². The molecule has 0 amide bonds. The summed E-state index contributed by atoms with van der Waals surface area (Å²) in [7, 11) is 2.19. The molecule has 98 valence electrons. The molecule has 0 radical (unpaired) electrons. The van der Waals surface area contributed by atoms with Gasteiger partial charge in [-0.15, -0.1) is 11.8 Å². The van der Waals surface area contributed by atoms with E-state index in [0.29, 0.717) is 11.3 Å². The maximum absolute atomic E-state index is 4.58. The normalized spacial score (nSPS) is 28.5. The van der Waals surface area contributed by atoms with Crippen LogP contribution in [0.1, 0.15) is 30.4 Å². The van der Waals surface area contributed by atoms with Crippen LogP contribution in [0.15, 0.2) is 6.33 Å². The number of fused-ring (bicyclic) bond motifs is 1. The molecule has 3 rings (SSSR count). The predicted octanol–water partition coefficient (Wildman–Crippen LogP) is 1.92. The average molecular weight is 264 g/mol. The first-order valence-corrected chi connectivity index (χ1v) is 7.62. The van der Waals surface area contributed by atoms with Crippen molar-refractivity contribution in [1.82, 2.24) is 14.9 Å². The van der Waals surface area contributed by atoms with E-state index in [4.69, 9.17) is 0 Å². The minimum atomic E-state index is 0.528. The molecule has 1 aromatic heterocycles. The van der Waals surface area contributed by atoms with E-state index in [2.05, 4.69) is 40.7 Å². The minimum absolute atomic E-state index is 0.528. The number of hydrogen-bond donors (Lipinski definition) is 0. The summed E-state index contributed by atoms with van der Waals surface area (Å²) in [5, 5.41) is 0.531. The number of hydrogen-bond acceptors (Lipinski definition) is 5. The maximum Gasteiger partial charge on any atom is 0.136 e. The van der Waals surface area contributed by atoms with E-state index in [9.17, 15) is 0 Å². The zero-order valence-electron chi connectivity index (χ0n) is 11.3. The van der Waals surface area contributed by atoms with Crippen LogP contribution in [0, 0.1) is 0 Å². The lowest BCUT2D eigenvalue weighted by molar-refractivity contribution is 0.274. The van der Waals surface area contributed by atoms with Gasteiger partial charge in [-0.1, -0.05) is 0 Å². The number of nitrogens with zero attached hydrogens (tertiary/aromatic N) is 4. The van der Waals surface area contributed by atoms with Gasteiger partial charge in [-0.05, 0) is 20.9 Å². The van der Waals surface area contributed by atoms with Crippen LogP contribution < -0.4 is 4.90 Å². The zero-order valence-corrected chi connectivity index (χ0v) is 12.1. The molecule has 0 aliphatic carbocycles. The van der Waals surface area contributed by atoms with Crippen molar-refractivity contribution >= 4 is 17.6 Å².